The standard InChI is InChI=1S/C21H16N2O/c1-14-4-2-5-17(12-14)20-18(6-3-10-22-20)15-7-8-19-16(13-15)9-11-23-21(19)24/h2-8,10-13H,9H2,1H3. The SMILES string of the molecule is Cc1cccc(-c2ncccc2-c2ccc3c(c2)CC=NC3=O)c1. The molecule has 3 aromatic rings. The van der Waals surface area contributed by atoms with Crippen LogP contribution < -0.4 is 0 Å². The van der Waals surface area contributed by atoms with E-state index in [1.54, 1.807) is 6.21 Å². The van der Waals surface area contributed by atoms with E-state index in [1.165, 1.54) is 5.56 Å². The van der Waals surface area contributed by atoms with Crippen LogP contribution in [0.3, 0.4) is 0 Å². The smallest absolute Gasteiger partial charge is 0.267 e. The van der Waals surface area contributed by atoms with Crippen molar-refractivity contribution in [3.05, 3.63) is 77.5 Å². The molecule has 0 unspecified atom stereocenters. The Morgan fingerprint density at radius 3 is 2.71 bits per heavy atom. The fraction of sp³-hybridized carbons (Fsp3) is 0.0952. The number of hydrogen-bond donors (Lipinski definition) is 0. The number of hydrogen-bond acceptors (Lipinski definition) is 2. The average molecular weight is 312 g/mol. The summed E-state index contributed by atoms with van der Waals surface area (Å²) in [6.07, 6.45) is 4.18. The third kappa shape index (κ3) is 2.54. The number of amides is 1. The van der Waals surface area contributed by atoms with Crippen LogP contribution in [0.5, 0.6) is 0 Å². The van der Waals surface area contributed by atoms with E-state index < -0.39 is 0 Å². The molecule has 0 N–H and O–H groups in total. The maximum Gasteiger partial charge on any atom is 0.276 e. The Morgan fingerprint density at radius 1 is 0.917 bits per heavy atom. The van der Waals surface area contributed by atoms with Crippen LogP contribution in [0, 0.1) is 6.92 Å². The molecule has 0 spiro atoms. The average Bonchev–Trinajstić information content (AvgIpc) is 2.62. The Hall–Kier alpha value is -3.07. The summed E-state index contributed by atoms with van der Waals surface area (Å²) in [5.74, 6) is -0.159. The zero-order valence-electron chi connectivity index (χ0n) is 13.4. The minimum atomic E-state index is -0.159. The molecule has 0 saturated heterocycles. The first-order valence-corrected chi connectivity index (χ1v) is 7.94. The van der Waals surface area contributed by atoms with E-state index in [4.69, 9.17) is 0 Å². The number of rotatable bonds is 2. The number of benzene rings is 2. The second kappa shape index (κ2) is 5.85. The van der Waals surface area contributed by atoms with Gasteiger partial charge in [-0.15, -0.1) is 0 Å². The Kier molecular flexibility index (Phi) is 3.54. The number of carbonyl (C=O) groups is 1. The van der Waals surface area contributed by atoms with Gasteiger partial charge in [-0.3, -0.25) is 9.78 Å². The lowest BCUT2D eigenvalue weighted by molar-refractivity contribution is 0.100. The monoisotopic (exact) mass is 312 g/mol. The molecule has 3 nitrogen and oxygen atoms in total. The van der Waals surface area contributed by atoms with E-state index >= 15 is 0 Å². The van der Waals surface area contributed by atoms with E-state index in [2.05, 4.69) is 47.2 Å². The quantitative estimate of drug-likeness (QED) is 0.699. The molecule has 1 aliphatic rings. The fourth-order valence-corrected chi connectivity index (χ4v) is 3.10. The Bertz CT molecular complexity index is 973. The molecule has 0 saturated carbocycles. The molecule has 4 rings (SSSR count). The first kappa shape index (κ1) is 14.5. The third-order valence-electron chi connectivity index (χ3n) is 4.27. The van der Waals surface area contributed by atoms with Gasteiger partial charge >= 0.3 is 0 Å². The lowest BCUT2D eigenvalue weighted by Crippen LogP contribution is -2.08. The van der Waals surface area contributed by atoms with Gasteiger partial charge in [0.1, 0.15) is 0 Å². The van der Waals surface area contributed by atoms with Gasteiger partial charge in [0.2, 0.25) is 0 Å². The van der Waals surface area contributed by atoms with Gasteiger partial charge in [-0.05, 0) is 42.3 Å². The number of nitrogens with zero attached hydrogens (tertiary/aromatic N) is 2. The summed E-state index contributed by atoms with van der Waals surface area (Å²) in [4.78, 5) is 20.3. The van der Waals surface area contributed by atoms with Crippen molar-refractivity contribution in [3.8, 4) is 22.4 Å². The maximum atomic E-state index is 11.8. The normalized spacial score (nSPS) is 13.0. The van der Waals surface area contributed by atoms with Crippen molar-refractivity contribution in [1.82, 2.24) is 4.98 Å². The molecule has 24 heavy (non-hydrogen) atoms. The Balaban J connectivity index is 1.86. The molecule has 1 aliphatic heterocycles. The second-order valence-corrected chi connectivity index (χ2v) is 5.96. The zero-order valence-corrected chi connectivity index (χ0v) is 13.4. The number of aromatic nitrogens is 1. The lowest BCUT2D eigenvalue weighted by atomic mass is 9.93. The maximum absolute atomic E-state index is 11.8. The fourth-order valence-electron chi connectivity index (χ4n) is 3.10. The molecule has 0 fully saturated rings. The van der Waals surface area contributed by atoms with Gasteiger partial charge < -0.3 is 0 Å². The largest absolute Gasteiger partial charge is 0.276 e. The van der Waals surface area contributed by atoms with Gasteiger partial charge in [0.15, 0.2) is 0 Å². The van der Waals surface area contributed by atoms with Gasteiger partial charge in [-0.2, -0.15) is 0 Å². The van der Waals surface area contributed by atoms with Gasteiger partial charge in [0, 0.05) is 35.5 Å². The van der Waals surface area contributed by atoms with E-state index in [0.717, 1.165) is 27.9 Å². The number of aryl methyl sites for hydroxylation is 1. The van der Waals surface area contributed by atoms with Gasteiger partial charge in [-0.1, -0.05) is 35.9 Å². The number of fused-ring (bicyclic) bond motifs is 1. The van der Waals surface area contributed by atoms with Gasteiger partial charge in [-0.25, -0.2) is 4.99 Å². The van der Waals surface area contributed by atoms with Gasteiger partial charge in [0.25, 0.3) is 5.91 Å². The molecule has 0 radical (unpaired) electrons. The van der Waals surface area contributed by atoms with Crippen molar-refractivity contribution < 1.29 is 4.79 Å². The molecule has 0 aliphatic carbocycles. The molecule has 1 amide bonds. The highest BCUT2D eigenvalue weighted by molar-refractivity contribution is 6.04. The minimum absolute atomic E-state index is 0.159. The summed E-state index contributed by atoms with van der Waals surface area (Å²) in [6, 6.07) is 18.3. The first-order valence-electron chi connectivity index (χ1n) is 7.94. The van der Waals surface area contributed by atoms with Crippen LogP contribution in [-0.2, 0) is 6.42 Å². The molecular weight excluding hydrogens is 296 g/mol. The summed E-state index contributed by atoms with van der Waals surface area (Å²) in [5.41, 5.74) is 7.12. The lowest BCUT2D eigenvalue weighted by Gasteiger charge is -2.13. The highest BCUT2D eigenvalue weighted by atomic mass is 16.1. The van der Waals surface area contributed by atoms with Crippen molar-refractivity contribution in [1.29, 1.82) is 0 Å². The highest BCUT2D eigenvalue weighted by Gasteiger charge is 2.16. The van der Waals surface area contributed by atoms with Crippen molar-refractivity contribution in [3.63, 3.8) is 0 Å². The molecule has 0 bridgehead atoms. The van der Waals surface area contributed by atoms with Crippen LogP contribution in [0.4, 0.5) is 0 Å². The number of aliphatic imine (C=N–C) groups is 1. The Morgan fingerprint density at radius 2 is 1.83 bits per heavy atom. The molecule has 0 atom stereocenters. The predicted octanol–water partition coefficient (Wildman–Crippen LogP) is 4.49. The van der Waals surface area contributed by atoms with Crippen LogP contribution in [-0.4, -0.2) is 17.1 Å². The summed E-state index contributed by atoms with van der Waals surface area (Å²) in [5, 5.41) is 0. The topological polar surface area (TPSA) is 42.3 Å². The summed E-state index contributed by atoms with van der Waals surface area (Å²) >= 11 is 0. The first-order chi connectivity index (χ1) is 11.7. The van der Waals surface area contributed by atoms with E-state index in [9.17, 15) is 4.79 Å². The molecule has 2 aromatic carbocycles. The summed E-state index contributed by atoms with van der Waals surface area (Å²) < 4.78 is 0. The van der Waals surface area contributed by atoms with Crippen LogP contribution in [0.2, 0.25) is 0 Å². The van der Waals surface area contributed by atoms with Crippen LogP contribution in [0.15, 0.2) is 65.8 Å². The molecular formula is C21H16N2O. The highest BCUT2D eigenvalue weighted by Crippen LogP contribution is 2.32. The Labute approximate surface area is 140 Å². The van der Waals surface area contributed by atoms with Crippen LogP contribution >= 0.6 is 0 Å². The van der Waals surface area contributed by atoms with E-state index in [0.29, 0.717) is 12.0 Å². The second-order valence-electron chi connectivity index (χ2n) is 5.96. The van der Waals surface area contributed by atoms with Crippen LogP contribution in [0.1, 0.15) is 21.5 Å². The van der Waals surface area contributed by atoms with Crippen molar-refractivity contribution in [2.75, 3.05) is 0 Å². The van der Waals surface area contributed by atoms with E-state index in [1.807, 2.05) is 30.5 Å². The molecule has 1 aromatic heterocycles. The van der Waals surface area contributed by atoms with Crippen molar-refractivity contribution in [2.24, 2.45) is 4.99 Å². The summed E-state index contributed by atoms with van der Waals surface area (Å²) in [6.45, 7) is 2.08. The molecule has 2 heterocycles. The summed E-state index contributed by atoms with van der Waals surface area (Å²) in [7, 11) is 0. The molecule has 3 heteroatoms. The van der Waals surface area contributed by atoms with Gasteiger partial charge in [0.05, 0.1) is 5.69 Å². The number of carbonyl (C=O) groups excluding carboxylic acids is 1. The third-order valence-corrected chi connectivity index (χ3v) is 4.27. The zero-order chi connectivity index (χ0) is 16.5. The van der Waals surface area contributed by atoms with Crippen molar-refractivity contribution in [2.45, 2.75) is 13.3 Å². The molecule has 116 valence electrons. The van der Waals surface area contributed by atoms with Crippen LogP contribution in [0.25, 0.3) is 22.4 Å². The van der Waals surface area contributed by atoms with Crippen molar-refractivity contribution >= 4 is 12.1 Å². The predicted molar refractivity (Wildman–Crippen MR) is 96.4 cm³/mol. The minimum Gasteiger partial charge on any atom is -0.267 e. The van der Waals surface area contributed by atoms with E-state index in [-0.39, 0.29) is 5.91 Å². The number of pyridine rings is 1.